The third-order valence-corrected chi connectivity index (χ3v) is 2.75. The van der Waals surface area contributed by atoms with Gasteiger partial charge in [0.2, 0.25) is 0 Å². The van der Waals surface area contributed by atoms with Crippen LogP contribution < -0.4 is 11.5 Å². The Morgan fingerprint density at radius 2 is 1.67 bits per heavy atom. The summed E-state index contributed by atoms with van der Waals surface area (Å²) in [5.74, 6) is -0.766. The third kappa shape index (κ3) is 2.33. The van der Waals surface area contributed by atoms with Crippen LogP contribution >= 0.6 is 0 Å². The van der Waals surface area contributed by atoms with Crippen molar-refractivity contribution in [3.63, 3.8) is 0 Å². The Balaban J connectivity index is 2.51. The highest BCUT2D eigenvalue weighted by atomic mass is 16.3. The summed E-state index contributed by atoms with van der Waals surface area (Å²) in [6, 6.07) is 14.3. The molecule has 0 spiro atoms. The average molecular weight is 242 g/mol. The minimum Gasteiger partial charge on any atom is -0.399 e. The molecule has 92 valence electrons. The first-order chi connectivity index (χ1) is 8.59. The molecule has 2 aromatic rings. The molecule has 0 aliphatic heterocycles. The van der Waals surface area contributed by atoms with Crippen molar-refractivity contribution in [3.8, 4) is 11.1 Å². The highest BCUT2D eigenvalue weighted by Gasteiger charge is 2.17. The number of nitrogens with two attached hydrogens (primary N) is 2. The van der Waals surface area contributed by atoms with Gasteiger partial charge in [0.25, 0.3) is 5.91 Å². The van der Waals surface area contributed by atoms with E-state index in [4.69, 9.17) is 11.5 Å². The molecule has 18 heavy (non-hydrogen) atoms. The number of carbonyl (C=O) groups is 1. The van der Waals surface area contributed by atoms with E-state index in [0.29, 0.717) is 11.3 Å². The molecule has 4 nitrogen and oxygen atoms in total. The van der Waals surface area contributed by atoms with Crippen molar-refractivity contribution in [1.82, 2.24) is 0 Å². The van der Waals surface area contributed by atoms with Crippen LogP contribution in [0.4, 0.5) is 5.69 Å². The van der Waals surface area contributed by atoms with Crippen molar-refractivity contribution in [2.24, 2.45) is 5.73 Å². The lowest BCUT2D eigenvalue weighted by atomic mass is 9.96. The third-order valence-electron chi connectivity index (χ3n) is 2.75. The van der Waals surface area contributed by atoms with Crippen molar-refractivity contribution in [3.05, 3.63) is 54.1 Å². The summed E-state index contributed by atoms with van der Waals surface area (Å²) in [4.78, 5) is 11.1. The molecule has 0 aromatic heterocycles. The van der Waals surface area contributed by atoms with Crippen LogP contribution in [0.15, 0.2) is 48.5 Å². The molecule has 0 saturated heterocycles. The van der Waals surface area contributed by atoms with E-state index in [1.54, 1.807) is 24.3 Å². The lowest BCUT2D eigenvalue weighted by Crippen LogP contribution is -2.21. The number of primary amides is 1. The van der Waals surface area contributed by atoms with E-state index >= 15 is 0 Å². The number of aliphatic hydroxyl groups is 1. The summed E-state index contributed by atoms with van der Waals surface area (Å²) in [7, 11) is 0. The van der Waals surface area contributed by atoms with Crippen molar-refractivity contribution >= 4 is 11.6 Å². The molecule has 0 aliphatic rings. The molecule has 1 unspecified atom stereocenters. The Morgan fingerprint density at radius 1 is 1.06 bits per heavy atom. The number of aliphatic hydroxyl groups excluding tert-OH is 1. The largest absolute Gasteiger partial charge is 0.399 e. The smallest absolute Gasteiger partial charge is 0.250 e. The maximum absolute atomic E-state index is 11.1. The van der Waals surface area contributed by atoms with Gasteiger partial charge in [-0.05, 0) is 28.8 Å². The van der Waals surface area contributed by atoms with Gasteiger partial charge in [-0.15, -0.1) is 0 Å². The van der Waals surface area contributed by atoms with E-state index in [1.165, 1.54) is 0 Å². The van der Waals surface area contributed by atoms with Gasteiger partial charge in [-0.1, -0.05) is 36.4 Å². The van der Waals surface area contributed by atoms with Crippen LogP contribution in [0.25, 0.3) is 11.1 Å². The Labute approximate surface area is 105 Å². The van der Waals surface area contributed by atoms with Gasteiger partial charge in [0.1, 0.15) is 0 Å². The standard InChI is InChI=1S/C14H14N2O2/c15-10-7-5-9(6-8-10)11-3-1-2-4-12(11)13(17)14(16)18/h1-8,13,17H,15H2,(H2,16,18). The fraction of sp³-hybridized carbons (Fsp3) is 0.0714. The molecule has 4 heteroatoms. The zero-order chi connectivity index (χ0) is 13.1. The molecule has 0 fully saturated rings. The first kappa shape index (κ1) is 12.1. The molecular formula is C14H14N2O2. The molecule has 0 aliphatic carbocycles. The SMILES string of the molecule is NC(=O)C(O)c1ccccc1-c1ccc(N)cc1. The van der Waals surface area contributed by atoms with Crippen molar-refractivity contribution in [2.45, 2.75) is 6.10 Å². The van der Waals surface area contributed by atoms with Crippen LogP contribution in [0, 0.1) is 0 Å². The Morgan fingerprint density at radius 3 is 2.28 bits per heavy atom. The second-order valence-electron chi connectivity index (χ2n) is 4.01. The molecule has 2 aromatic carbocycles. The normalized spacial score (nSPS) is 12.1. The number of hydrogen-bond acceptors (Lipinski definition) is 3. The zero-order valence-electron chi connectivity index (χ0n) is 9.71. The minimum absolute atomic E-state index is 0.495. The van der Waals surface area contributed by atoms with Crippen LogP contribution in [0.5, 0.6) is 0 Å². The van der Waals surface area contributed by atoms with Gasteiger partial charge in [0.15, 0.2) is 6.10 Å². The predicted octanol–water partition coefficient (Wildman–Crippen LogP) is 1.45. The highest BCUT2D eigenvalue weighted by Crippen LogP contribution is 2.28. The van der Waals surface area contributed by atoms with E-state index in [-0.39, 0.29) is 0 Å². The van der Waals surface area contributed by atoms with E-state index in [0.717, 1.165) is 11.1 Å². The van der Waals surface area contributed by atoms with E-state index in [2.05, 4.69) is 0 Å². The summed E-state index contributed by atoms with van der Waals surface area (Å²) in [6.07, 6.45) is -1.31. The summed E-state index contributed by atoms with van der Waals surface area (Å²) < 4.78 is 0. The van der Waals surface area contributed by atoms with Crippen LogP contribution in [0.2, 0.25) is 0 Å². The van der Waals surface area contributed by atoms with Crippen molar-refractivity contribution < 1.29 is 9.90 Å². The molecule has 0 radical (unpaired) electrons. The number of benzene rings is 2. The van der Waals surface area contributed by atoms with Gasteiger partial charge >= 0.3 is 0 Å². The summed E-state index contributed by atoms with van der Waals surface area (Å²) in [5, 5.41) is 9.80. The zero-order valence-corrected chi connectivity index (χ0v) is 9.71. The Bertz CT molecular complexity index is 564. The lowest BCUT2D eigenvalue weighted by molar-refractivity contribution is -0.126. The Kier molecular flexibility index (Phi) is 3.30. The number of amides is 1. The molecule has 1 atom stereocenters. The van der Waals surface area contributed by atoms with Crippen LogP contribution in [0.1, 0.15) is 11.7 Å². The predicted molar refractivity (Wildman–Crippen MR) is 70.4 cm³/mol. The lowest BCUT2D eigenvalue weighted by Gasteiger charge is -2.13. The van der Waals surface area contributed by atoms with Gasteiger partial charge in [-0.2, -0.15) is 0 Å². The maximum Gasteiger partial charge on any atom is 0.250 e. The number of carbonyl (C=O) groups excluding carboxylic acids is 1. The number of nitrogen functional groups attached to an aromatic ring is 1. The molecule has 2 rings (SSSR count). The van der Waals surface area contributed by atoms with Gasteiger partial charge in [-0.3, -0.25) is 4.79 Å². The number of rotatable bonds is 3. The molecular weight excluding hydrogens is 228 g/mol. The molecule has 5 N–H and O–H groups in total. The molecule has 0 bridgehead atoms. The number of anilines is 1. The average Bonchev–Trinajstić information content (AvgIpc) is 2.39. The first-order valence-electron chi connectivity index (χ1n) is 5.52. The minimum atomic E-state index is -1.31. The second-order valence-corrected chi connectivity index (χ2v) is 4.01. The summed E-state index contributed by atoms with van der Waals surface area (Å²) in [6.45, 7) is 0. The topological polar surface area (TPSA) is 89.3 Å². The van der Waals surface area contributed by atoms with Gasteiger partial charge < -0.3 is 16.6 Å². The van der Waals surface area contributed by atoms with Crippen LogP contribution in [0.3, 0.4) is 0 Å². The van der Waals surface area contributed by atoms with Crippen LogP contribution in [-0.2, 0) is 4.79 Å². The highest BCUT2D eigenvalue weighted by molar-refractivity contribution is 5.83. The number of hydrogen-bond donors (Lipinski definition) is 3. The second kappa shape index (κ2) is 4.89. The van der Waals surface area contributed by atoms with Crippen LogP contribution in [-0.4, -0.2) is 11.0 Å². The van der Waals surface area contributed by atoms with E-state index in [1.807, 2.05) is 24.3 Å². The summed E-state index contributed by atoms with van der Waals surface area (Å²) in [5.41, 5.74) is 13.6. The fourth-order valence-electron chi connectivity index (χ4n) is 1.81. The molecule has 0 heterocycles. The maximum atomic E-state index is 11.1. The summed E-state index contributed by atoms with van der Waals surface area (Å²) >= 11 is 0. The fourth-order valence-corrected chi connectivity index (χ4v) is 1.81. The molecule has 0 saturated carbocycles. The van der Waals surface area contributed by atoms with Gasteiger partial charge in [-0.25, -0.2) is 0 Å². The van der Waals surface area contributed by atoms with Gasteiger partial charge in [0, 0.05) is 5.69 Å². The van der Waals surface area contributed by atoms with Crippen molar-refractivity contribution in [1.29, 1.82) is 0 Å². The first-order valence-corrected chi connectivity index (χ1v) is 5.52. The van der Waals surface area contributed by atoms with Crippen molar-refractivity contribution in [2.75, 3.05) is 5.73 Å². The van der Waals surface area contributed by atoms with Gasteiger partial charge in [0.05, 0.1) is 0 Å². The van der Waals surface area contributed by atoms with E-state index in [9.17, 15) is 9.90 Å². The monoisotopic (exact) mass is 242 g/mol. The van der Waals surface area contributed by atoms with E-state index < -0.39 is 12.0 Å². The quantitative estimate of drug-likeness (QED) is 0.712. The molecule has 1 amide bonds. The Hall–Kier alpha value is -2.33.